The molecule has 1 saturated heterocycles. The highest BCUT2D eigenvalue weighted by atomic mass is 16.6. The first-order chi connectivity index (χ1) is 14.0. The van der Waals surface area contributed by atoms with E-state index in [1.807, 2.05) is 49.4 Å². The van der Waals surface area contributed by atoms with Crippen molar-refractivity contribution >= 4 is 22.3 Å². The van der Waals surface area contributed by atoms with Crippen LogP contribution in [0.25, 0.3) is 10.9 Å². The van der Waals surface area contributed by atoms with Gasteiger partial charge in [-0.2, -0.15) is 0 Å². The number of rotatable bonds is 5. The molecule has 0 radical (unpaired) electrons. The molecule has 2 heterocycles. The summed E-state index contributed by atoms with van der Waals surface area (Å²) in [5, 5.41) is 22.7. The number of nitro benzene ring substituents is 1. The van der Waals surface area contributed by atoms with Crippen molar-refractivity contribution in [2.75, 3.05) is 37.6 Å². The molecule has 0 aliphatic carbocycles. The predicted molar refractivity (Wildman–Crippen MR) is 113 cm³/mol. The molecule has 1 N–H and O–H groups in total. The number of anilines is 1. The summed E-state index contributed by atoms with van der Waals surface area (Å²) >= 11 is 0. The second kappa shape index (κ2) is 8.14. The Labute approximate surface area is 169 Å². The third-order valence-electron chi connectivity index (χ3n) is 5.45. The van der Waals surface area contributed by atoms with Crippen molar-refractivity contribution < 1.29 is 10.0 Å². The zero-order valence-electron chi connectivity index (χ0n) is 16.4. The normalized spacial score (nSPS) is 16.1. The Morgan fingerprint density at radius 3 is 2.52 bits per heavy atom. The van der Waals surface area contributed by atoms with E-state index in [-0.39, 0.29) is 10.6 Å². The van der Waals surface area contributed by atoms with Gasteiger partial charge in [0.05, 0.1) is 11.0 Å². The molecule has 3 aromatic rings. The van der Waals surface area contributed by atoms with Gasteiger partial charge in [-0.1, -0.05) is 42.5 Å². The number of fused-ring (bicyclic) bond motifs is 1. The van der Waals surface area contributed by atoms with E-state index in [9.17, 15) is 15.2 Å². The van der Waals surface area contributed by atoms with Gasteiger partial charge in [0.2, 0.25) is 0 Å². The Morgan fingerprint density at radius 2 is 1.83 bits per heavy atom. The maximum atomic E-state index is 11.4. The molecule has 0 saturated carbocycles. The maximum absolute atomic E-state index is 11.4. The number of nitro groups is 1. The molecule has 7 nitrogen and oxygen atoms in total. The van der Waals surface area contributed by atoms with E-state index in [2.05, 4.69) is 14.8 Å². The Bertz CT molecular complexity index is 1020. The summed E-state index contributed by atoms with van der Waals surface area (Å²) in [6.45, 7) is 5.69. The minimum Gasteiger partial charge on any atom is -0.387 e. The lowest BCUT2D eigenvalue weighted by atomic mass is 10.1. The summed E-state index contributed by atoms with van der Waals surface area (Å²) in [5.41, 5.74) is 3.16. The summed E-state index contributed by atoms with van der Waals surface area (Å²) in [4.78, 5) is 20.0. The van der Waals surface area contributed by atoms with Crippen molar-refractivity contribution in [1.29, 1.82) is 0 Å². The monoisotopic (exact) mass is 392 g/mol. The third kappa shape index (κ3) is 4.06. The van der Waals surface area contributed by atoms with E-state index in [0.29, 0.717) is 12.1 Å². The second-order valence-corrected chi connectivity index (χ2v) is 7.43. The summed E-state index contributed by atoms with van der Waals surface area (Å²) in [7, 11) is 0. The van der Waals surface area contributed by atoms with Crippen molar-refractivity contribution in [2.24, 2.45) is 0 Å². The molecule has 1 unspecified atom stereocenters. The van der Waals surface area contributed by atoms with Crippen LogP contribution in [-0.4, -0.2) is 52.6 Å². The van der Waals surface area contributed by atoms with Gasteiger partial charge in [0.1, 0.15) is 0 Å². The molecular weight excluding hydrogens is 368 g/mol. The predicted octanol–water partition coefficient (Wildman–Crippen LogP) is 3.31. The van der Waals surface area contributed by atoms with Crippen LogP contribution in [0, 0.1) is 17.0 Å². The molecule has 7 heteroatoms. The van der Waals surface area contributed by atoms with Gasteiger partial charge in [-0.05, 0) is 18.6 Å². The molecule has 1 aliphatic rings. The smallest absolute Gasteiger partial charge is 0.295 e. The number of aromatic nitrogens is 1. The number of pyridine rings is 1. The number of hydrogen-bond donors (Lipinski definition) is 1. The molecule has 0 spiro atoms. The highest BCUT2D eigenvalue weighted by Gasteiger charge is 2.23. The van der Waals surface area contributed by atoms with E-state index < -0.39 is 6.10 Å². The fourth-order valence-electron chi connectivity index (χ4n) is 3.95. The van der Waals surface area contributed by atoms with Crippen LogP contribution in [0.15, 0.2) is 54.6 Å². The molecule has 0 amide bonds. The van der Waals surface area contributed by atoms with Crippen LogP contribution in [0.5, 0.6) is 0 Å². The number of aliphatic hydroxyl groups is 1. The van der Waals surface area contributed by atoms with Gasteiger partial charge in [-0.15, -0.1) is 0 Å². The lowest BCUT2D eigenvalue weighted by molar-refractivity contribution is -0.383. The summed E-state index contributed by atoms with van der Waals surface area (Å²) < 4.78 is 0. The van der Waals surface area contributed by atoms with Crippen LogP contribution in [0.4, 0.5) is 11.4 Å². The Hall–Kier alpha value is -3.03. The van der Waals surface area contributed by atoms with Gasteiger partial charge in [0.15, 0.2) is 5.52 Å². The highest BCUT2D eigenvalue weighted by Crippen LogP contribution is 2.32. The lowest BCUT2D eigenvalue weighted by Crippen LogP contribution is -2.47. The van der Waals surface area contributed by atoms with E-state index in [4.69, 9.17) is 0 Å². The van der Waals surface area contributed by atoms with Crippen LogP contribution < -0.4 is 4.90 Å². The number of piperazine rings is 1. The van der Waals surface area contributed by atoms with E-state index in [0.717, 1.165) is 48.5 Å². The molecule has 2 aromatic carbocycles. The molecule has 1 atom stereocenters. The first-order valence-corrected chi connectivity index (χ1v) is 9.78. The first-order valence-electron chi connectivity index (χ1n) is 9.78. The fourth-order valence-corrected chi connectivity index (χ4v) is 3.95. The molecule has 4 rings (SSSR count). The summed E-state index contributed by atoms with van der Waals surface area (Å²) in [6.07, 6.45) is -0.505. The largest absolute Gasteiger partial charge is 0.387 e. The standard InChI is InChI=1S/C22H24N4O3/c1-16-14-20(18-8-5-9-19(26(28)29)22(18)23-16)25-12-10-24(11-13-25)15-21(27)17-6-3-2-4-7-17/h2-9,14,21,27H,10-13,15H2,1H3. The van der Waals surface area contributed by atoms with Gasteiger partial charge >= 0.3 is 0 Å². The van der Waals surface area contributed by atoms with Crippen LogP contribution in [0.2, 0.25) is 0 Å². The molecular formula is C22H24N4O3. The maximum Gasteiger partial charge on any atom is 0.295 e. The van der Waals surface area contributed by atoms with Crippen LogP contribution in [-0.2, 0) is 0 Å². The van der Waals surface area contributed by atoms with Gasteiger partial charge in [-0.25, -0.2) is 4.98 Å². The summed E-state index contributed by atoms with van der Waals surface area (Å²) in [6, 6.07) is 16.8. The molecule has 1 fully saturated rings. The Morgan fingerprint density at radius 1 is 1.10 bits per heavy atom. The minimum atomic E-state index is -0.505. The molecule has 0 bridgehead atoms. The third-order valence-corrected chi connectivity index (χ3v) is 5.45. The Balaban J connectivity index is 1.51. The number of benzene rings is 2. The number of nitrogens with zero attached hydrogens (tertiary/aromatic N) is 4. The topological polar surface area (TPSA) is 82.7 Å². The Kier molecular flexibility index (Phi) is 5.42. The van der Waals surface area contributed by atoms with Crippen LogP contribution in [0.3, 0.4) is 0 Å². The van der Waals surface area contributed by atoms with Gasteiger partial charge in [-0.3, -0.25) is 15.0 Å². The van der Waals surface area contributed by atoms with Crippen molar-refractivity contribution in [3.8, 4) is 0 Å². The number of non-ortho nitro benzene ring substituents is 1. The summed E-state index contributed by atoms with van der Waals surface area (Å²) in [5.74, 6) is 0. The van der Waals surface area contributed by atoms with Crippen molar-refractivity contribution in [2.45, 2.75) is 13.0 Å². The number of aryl methyl sites for hydroxylation is 1. The molecule has 1 aliphatic heterocycles. The van der Waals surface area contributed by atoms with E-state index in [1.165, 1.54) is 6.07 Å². The molecule has 1 aromatic heterocycles. The van der Waals surface area contributed by atoms with Gasteiger partial charge in [0.25, 0.3) is 5.69 Å². The van der Waals surface area contributed by atoms with Crippen molar-refractivity contribution in [3.05, 3.63) is 76.0 Å². The average molecular weight is 392 g/mol. The fraction of sp³-hybridized carbons (Fsp3) is 0.318. The molecule has 29 heavy (non-hydrogen) atoms. The van der Waals surface area contributed by atoms with Gasteiger partial charge in [0, 0.05) is 55.6 Å². The number of aliphatic hydroxyl groups excluding tert-OH is 1. The highest BCUT2D eigenvalue weighted by molar-refractivity contribution is 5.97. The zero-order valence-corrected chi connectivity index (χ0v) is 16.4. The molecule has 150 valence electrons. The van der Waals surface area contributed by atoms with E-state index in [1.54, 1.807) is 6.07 Å². The van der Waals surface area contributed by atoms with Gasteiger partial charge < -0.3 is 10.0 Å². The number of hydrogen-bond acceptors (Lipinski definition) is 6. The first kappa shape index (κ1) is 19.3. The minimum absolute atomic E-state index is 0.0390. The quantitative estimate of drug-likeness (QED) is 0.530. The van der Waals surface area contributed by atoms with Crippen molar-refractivity contribution in [3.63, 3.8) is 0 Å². The average Bonchev–Trinajstić information content (AvgIpc) is 2.74. The SMILES string of the molecule is Cc1cc(N2CCN(CC(O)c3ccccc3)CC2)c2cccc([N+](=O)[O-])c2n1. The van der Waals surface area contributed by atoms with Crippen LogP contribution >= 0.6 is 0 Å². The zero-order chi connectivity index (χ0) is 20.4. The number of β-amino-alcohol motifs (C(OH)–C–C–N with tert-alkyl or cyclic N) is 1. The van der Waals surface area contributed by atoms with Crippen molar-refractivity contribution in [1.82, 2.24) is 9.88 Å². The lowest BCUT2D eigenvalue weighted by Gasteiger charge is -2.37. The number of para-hydroxylation sites is 1. The second-order valence-electron chi connectivity index (χ2n) is 7.43. The van der Waals surface area contributed by atoms with Crippen LogP contribution in [0.1, 0.15) is 17.4 Å². The van der Waals surface area contributed by atoms with E-state index >= 15 is 0 Å².